The van der Waals surface area contributed by atoms with Gasteiger partial charge in [-0.05, 0) is 123 Å². The fourth-order valence-corrected chi connectivity index (χ4v) is 8.27. The Morgan fingerprint density at radius 3 is 2.24 bits per heavy atom. The molecule has 2 amide bonds. The molecular weight excluding hydrogens is 558 g/mol. The number of ether oxygens (including phenoxy) is 2. The van der Waals surface area contributed by atoms with Gasteiger partial charge in [0.05, 0.1) is 30.9 Å². The van der Waals surface area contributed by atoms with Crippen LogP contribution in [0.25, 0.3) is 0 Å². The minimum Gasteiger partial charge on any atom is -0.494 e. The Labute approximate surface area is 252 Å². The van der Waals surface area contributed by atoms with E-state index in [1.807, 2.05) is 17.0 Å². The highest BCUT2D eigenvalue weighted by atomic mass is 35.5. The van der Waals surface area contributed by atoms with E-state index in [1.54, 1.807) is 36.4 Å². The quantitative estimate of drug-likeness (QED) is 0.301. The summed E-state index contributed by atoms with van der Waals surface area (Å²) in [7, 11) is 0. The maximum Gasteiger partial charge on any atom is 0.256 e. The van der Waals surface area contributed by atoms with Crippen LogP contribution in [0.4, 0.5) is 11.4 Å². The molecule has 2 aromatic carbocycles. The molecule has 0 spiro atoms. The van der Waals surface area contributed by atoms with Crippen LogP contribution in [-0.4, -0.2) is 53.2 Å². The van der Waals surface area contributed by atoms with Gasteiger partial charge in [-0.15, -0.1) is 0 Å². The summed E-state index contributed by atoms with van der Waals surface area (Å²) in [5, 5.41) is 3.90. The summed E-state index contributed by atoms with van der Waals surface area (Å²) in [6, 6.07) is 13.6. The smallest absolute Gasteiger partial charge is 0.256 e. The fraction of sp³-hybridized carbons (Fsp3) is 0.531. The number of benzene rings is 2. The maximum atomic E-state index is 13.8. The topological polar surface area (TPSA) is 71.1 Å². The molecule has 1 heterocycles. The van der Waals surface area contributed by atoms with Crippen molar-refractivity contribution in [3.8, 4) is 5.75 Å². The normalized spacial score (nSPS) is 28.4. The van der Waals surface area contributed by atoms with Gasteiger partial charge in [0.15, 0.2) is 5.11 Å². The number of thiocarbonyl (C=S) groups is 1. The second-order valence-corrected chi connectivity index (χ2v) is 13.0. The summed E-state index contributed by atoms with van der Waals surface area (Å²) in [6.07, 6.45) is 8.41. The van der Waals surface area contributed by atoms with Gasteiger partial charge >= 0.3 is 0 Å². The lowest BCUT2D eigenvalue weighted by atomic mass is 9.54. The third kappa shape index (κ3) is 6.11. The van der Waals surface area contributed by atoms with Gasteiger partial charge in [0.2, 0.25) is 5.91 Å². The van der Waals surface area contributed by atoms with Gasteiger partial charge in [-0.3, -0.25) is 14.5 Å². The molecule has 7 nitrogen and oxygen atoms in total. The van der Waals surface area contributed by atoms with Gasteiger partial charge < -0.3 is 19.7 Å². The highest BCUT2D eigenvalue weighted by Crippen LogP contribution is 2.57. The molecule has 1 atom stereocenters. The second-order valence-electron chi connectivity index (χ2n) is 12.2. The van der Waals surface area contributed by atoms with E-state index >= 15 is 0 Å². The third-order valence-corrected chi connectivity index (χ3v) is 9.78. The number of nitrogens with zero attached hydrogens (tertiary/aromatic N) is 2. The predicted molar refractivity (Wildman–Crippen MR) is 164 cm³/mol. The zero-order valence-corrected chi connectivity index (χ0v) is 25.1. The zero-order valence-electron chi connectivity index (χ0n) is 23.5. The van der Waals surface area contributed by atoms with E-state index in [9.17, 15) is 9.59 Å². The van der Waals surface area contributed by atoms with Crippen molar-refractivity contribution in [1.82, 2.24) is 4.90 Å². The Hall–Kier alpha value is -2.68. The summed E-state index contributed by atoms with van der Waals surface area (Å²) in [4.78, 5) is 30.3. The summed E-state index contributed by atoms with van der Waals surface area (Å²) < 4.78 is 12.3. The molecule has 7 rings (SSSR count). The first-order valence-corrected chi connectivity index (χ1v) is 15.7. The molecule has 9 heteroatoms. The molecule has 0 unspecified atom stereocenters. The minimum atomic E-state index is -0.717. The summed E-state index contributed by atoms with van der Waals surface area (Å²) in [5.41, 5.74) is 1.26. The minimum absolute atomic E-state index is 0.0193. The summed E-state index contributed by atoms with van der Waals surface area (Å²) in [5.74, 6) is 2.66. The standard InChI is InChI=1S/C32H38ClN3O4S/c1-2-12-39-27-9-5-25(6-10-27)34-29(37)17-28-30(38)36(26-7-3-24(33)4-8-26)31(41)35(28)11-13-40-32-18-21-14-22(19-32)16-23(15-21)20-32/h3-10,21-23,28H,2,11-20H2,1H3,(H,34,37)/t21?,22?,23?,28-,32?/m0/s1. The molecule has 0 aromatic heterocycles. The van der Waals surface area contributed by atoms with E-state index in [1.165, 1.54) is 24.2 Å². The second kappa shape index (κ2) is 11.9. The van der Waals surface area contributed by atoms with Gasteiger partial charge in [0.1, 0.15) is 11.8 Å². The largest absolute Gasteiger partial charge is 0.494 e. The lowest BCUT2D eigenvalue weighted by molar-refractivity contribution is -0.163. The lowest BCUT2D eigenvalue weighted by Gasteiger charge is -2.56. The molecule has 4 bridgehead atoms. The van der Waals surface area contributed by atoms with Crippen molar-refractivity contribution in [2.24, 2.45) is 17.8 Å². The number of amides is 2. The van der Waals surface area contributed by atoms with Crippen LogP contribution in [0.2, 0.25) is 5.02 Å². The van der Waals surface area contributed by atoms with Crippen LogP contribution in [0.1, 0.15) is 58.3 Å². The molecule has 1 aliphatic heterocycles. The molecule has 218 valence electrons. The zero-order chi connectivity index (χ0) is 28.6. The lowest BCUT2D eigenvalue weighted by Crippen LogP contribution is -2.52. The number of hydrogen-bond acceptors (Lipinski definition) is 5. The van der Waals surface area contributed by atoms with Crippen LogP contribution in [0.5, 0.6) is 5.75 Å². The maximum absolute atomic E-state index is 13.8. The molecule has 41 heavy (non-hydrogen) atoms. The number of halogens is 1. The van der Waals surface area contributed by atoms with Crippen molar-refractivity contribution in [3.63, 3.8) is 0 Å². The van der Waals surface area contributed by atoms with E-state index in [0.717, 1.165) is 49.2 Å². The highest BCUT2D eigenvalue weighted by molar-refractivity contribution is 7.80. The molecule has 0 radical (unpaired) electrons. The number of rotatable bonds is 11. The van der Waals surface area contributed by atoms with Crippen molar-refractivity contribution < 1.29 is 19.1 Å². The van der Waals surface area contributed by atoms with Gasteiger partial charge in [-0.2, -0.15) is 0 Å². The first-order valence-electron chi connectivity index (χ1n) is 14.9. The summed E-state index contributed by atoms with van der Waals surface area (Å²) in [6.45, 7) is 3.63. The number of nitrogens with one attached hydrogen (secondary N) is 1. The van der Waals surface area contributed by atoms with E-state index in [4.69, 9.17) is 33.3 Å². The number of carbonyl (C=O) groups is 2. The number of anilines is 2. The fourth-order valence-electron chi connectivity index (χ4n) is 7.73. The van der Waals surface area contributed by atoms with Gasteiger partial charge in [0.25, 0.3) is 5.91 Å². The van der Waals surface area contributed by atoms with Gasteiger partial charge in [-0.25, -0.2) is 0 Å². The first-order chi connectivity index (χ1) is 19.8. The van der Waals surface area contributed by atoms with Crippen molar-refractivity contribution in [1.29, 1.82) is 0 Å². The number of hydrogen-bond donors (Lipinski definition) is 1. The average Bonchev–Trinajstić information content (AvgIpc) is 3.16. The van der Waals surface area contributed by atoms with Crippen LogP contribution >= 0.6 is 23.8 Å². The molecular formula is C32H38ClN3O4S. The summed E-state index contributed by atoms with van der Waals surface area (Å²) >= 11 is 11.9. The average molecular weight is 596 g/mol. The van der Waals surface area contributed by atoms with E-state index in [-0.39, 0.29) is 23.8 Å². The van der Waals surface area contributed by atoms with Crippen molar-refractivity contribution >= 4 is 52.1 Å². The molecule has 1 saturated heterocycles. The molecule has 4 saturated carbocycles. The van der Waals surface area contributed by atoms with Gasteiger partial charge in [-0.1, -0.05) is 18.5 Å². The third-order valence-electron chi connectivity index (χ3n) is 9.12. The van der Waals surface area contributed by atoms with Crippen LogP contribution in [-0.2, 0) is 14.3 Å². The SMILES string of the molecule is CCCOc1ccc(NC(=O)C[C@H]2C(=O)N(c3ccc(Cl)cc3)C(=S)N2CCOC23CC4CC(CC(C4)C2)C3)cc1. The van der Waals surface area contributed by atoms with E-state index in [2.05, 4.69) is 12.2 Å². The number of carbonyl (C=O) groups excluding carboxylic acids is 2. The molecule has 1 N–H and O–H groups in total. The van der Waals surface area contributed by atoms with Crippen LogP contribution in [0.3, 0.4) is 0 Å². The molecule has 5 fully saturated rings. The Kier molecular flexibility index (Phi) is 8.25. The van der Waals surface area contributed by atoms with Crippen molar-refractivity contribution in [2.75, 3.05) is 30.0 Å². The van der Waals surface area contributed by atoms with Crippen LogP contribution in [0.15, 0.2) is 48.5 Å². The Bertz CT molecular complexity index is 1250. The first kappa shape index (κ1) is 28.4. The van der Waals surface area contributed by atoms with E-state index in [0.29, 0.717) is 41.3 Å². The Morgan fingerprint density at radius 1 is 1.00 bits per heavy atom. The van der Waals surface area contributed by atoms with Crippen molar-refractivity contribution in [3.05, 3.63) is 53.6 Å². The molecule has 4 aliphatic carbocycles. The van der Waals surface area contributed by atoms with Gasteiger partial charge in [0, 0.05) is 17.3 Å². The molecule has 2 aromatic rings. The Balaban J connectivity index is 1.14. The van der Waals surface area contributed by atoms with Crippen LogP contribution in [0, 0.1) is 17.8 Å². The Morgan fingerprint density at radius 2 is 1.63 bits per heavy atom. The van der Waals surface area contributed by atoms with Crippen molar-refractivity contribution in [2.45, 2.75) is 69.9 Å². The molecule has 5 aliphatic rings. The highest BCUT2D eigenvalue weighted by Gasteiger charge is 2.52. The monoisotopic (exact) mass is 595 g/mol. The van der Waals surface area contributed by atoms with E-state index < -0.39 is 6.04 Å². The predicted octanol–water partition coefficient (Wildman–Crippen LogP) is 6.45. The van der Waals surface area contributed by atoms with Crippen LogP contribution < -0.4 is 15.0 Å².